The van der Waals surface area contributed by atoms with Gasteiger partial charge in [0.25, 0.3) is 0 Å². The van der Waals surface area contributed by atoms with E-state index in [1.54, 1.807) is 12.4 Å². The molecule has 0 N–H and O–H groups in total. The highest BCUT2D eigenvalue weighted by Crippen LogP contribution is 2.48. The van der Waals surface area contributed by atoms with Gasteiger partial charge in [-0.3, -0.25) is 19.5 Å². The van der Waals surface area contributed by atoms with Crippen molar-refractivity contribution < 1.29 is 19.1 Å². The van der Waals surface area contributed by atoms with E-state index < -0.39 is 5.41 Å². The van der Waals surface area contributed by atoms with Crippen LogP contribution < -0.4 is 0 Å². The summed E-state index contributed by atoms with van der Waals surface area (Å²) < 4.78 is 11.1. The molecule has 1 aromatic rings. The van der Waals surface area contributed by atoms with Crippen LogP contribution in [0, 0.1) is 11.3 Å². The fraction of sp³-hybridized carbons (Fsp3) is 0.708. The summed E-state index contributed by atoms with van der Waals surface area (Å²) in [5.41, 5.74) is 0.563. The molecule has 3 heterocycles. The van der Waals surface area contributed by atoms with E-state index in [-0.39, 0.29) is 17.8 Å². The van der Waals surface area contributed by atoms with Gasteiger partial charge in [-0.05, 0) is 62.6 Å². The molecule has 1 aromatic heterocycles. The number of rotatable bonds is 6. The van der Waals surface area contributed by atoms with E-state index in [4.69, 9.17) is 9.47 Å². The molecule has 1 amide bonds. The highest BCUT2D eigenvalue weighted by atomic mass is 16.5. The van der Waals surface area contributed by atoms with E-state index in [0.29, 0.717) is 32.0 Å². The van der Waals surface area contributed by atoms with Gasteiger partial charge in [-0.2, -0.15) is 0 Å². The van der Waals surface area contributed by atoms with Crippen LogP contribution in [0.25, 0.3) is 0 Å². The summed E-state index contributed by atoms with van der Waals surface area (Å²) in [7, 11) is 0. The highest BCUT2D eigenvalue weighted by molar-refractivity contribution is 5.81. The van der Waals surface area contributed by atoms with Gasteiger partial charge in [-0.15, -0.1) is 0 Å². The number of nitrogens with zero attached hydrogens (tertiary/aromatic N) is 3. The first-order valence-electron chi connectivity index (χ1n) is 11.8. The second-order valence-electron chi connectivity index (χ2n) is 9.11. The molecule has 7 heteroatoms. The van der Waals surface area contributed by atoms with Crippen LogP contribution in [0.1, 0.15) is 44.6 Å². The third-order valence-electron chi connectivity index (χ3n) is 7.46. The standard InChI is InChI=1S/C24H35N3O4/c1-2-31-23(29)24-9-5-21(26-13-15-30-16-14-26)17-20(24)8-12-27(18-24)22(28)4-3-19-6-10-25-11-7-19/h6-7,10-11,20-21H,2-5,8-9,12-18H2,1H3/t20-,21-,24-/m1/s1. The molecule has 1 saturated carbocycles. The fourth-order valence-corrected chi connectivity index (χ4v) is 5.69. The Morgan fingerprint density at radius 1 is 1.19 bits per heavy atom. The number of aromatic nitrogens is 1. The lowest BCUT2D eigenvalue weighted by Crippen LogP contribution is -2.59. The van der Waals surface area contributed by atoms with Gasteiger partial charge in [0.2, 0.25) is 5.91 Å². The summed E-state index contributed by atoms with van der Waals surface area (Å²) in [5.74, 6) is 0.304. The summed E-state index contributed by atoms with van der Waals surface area (Å²) in [6, 6.07) is 4.41. The van der Waals surface area contributed by atoms with E-state index >= 15 is 0 Å². The van der Waals surface area contributed by atoms with Crippen LogP contribution in [0.2, 0.25) is 0 Å². The van der Waals surface area contributed by atoms with Crippen molar-refractivity contribution in [2.45, 2.75) is 51.5 Å². The van der Waals surface area contributed by atoms with Crippen molar-refractivity contribution in [2.24, 2.45) is 11.3 Å². The van der Waals surface area contributed by atoms with Gasteiger partial charge in [0.05, 0.1) is 25.2 Å². The number of carbonyl (C=O) groups excluding carboxylic acids is 2. The predicted octanol–water partition coefficient (Wildman–Crippen LogP) is 2.30. The molecule has 31 heavy (non-hydrogen) atoms. The molecule has 2 aliphatic heterocycles. The minimum atomic E-state index is -0.552. The molecular formula is C24H35N3O4. The van der Waals surface area contributed by atoms with Crippen molar-refractivity contribution in [1.29, 1.82) is 0 Å². The van der Waals surface area contributed by atoms with Gasteiger partial charge in [0.15, 0.2) is 0 Å². The van der Waals surface area contributed by atoms with Gasteiger partial charge in [0, 0.05) is 51.0 Å². The lowest BCUT2D eigenvalue weighted by Gasteiger charge is -2.52. The number of hydrogen-bond donors (Lipinski definition) is 0. The van der Waals surface area contributed by atoms with Crippen molar-refractivity contribution in [3.63, 3.8) is 0 Å². The summed E-state index contributed by atoms with van der Waals surface area (Å²) in [6.07, 6.45) is 8.35. The van der Waals surface area contributed by atoms with E-state index in [2.05, 4.69) is 9.88 Å². The third kappa shape index (κ3) is 4.93. The smallest absolute Gasteiger partial charge is 0.314 e. The number of likely N-dealkylation sites (tertiary alicyclic amines) is 1. The molecule has 0 unspecified atom stereocenters. The molecule has 4 rings (SSSR count). The molecule has 1 aliphatic carbocycles. The Morgan fingerprint density at radius 2 is 1.97 bits per heavy atom. The summed E-state index contributed by atoms with van der Waals surface area (Å²) in [5, 5.41) is 0. The van der Waals surface area contributed by atoms with E-state index in [0.717, 1.165) is 64.1 Å². The van der Waals surface area contributed by atoms with Crippen molar-refractivity contribution >= 4 is 11.9 Å². The van der Waals surface area contributed by atoms with Crippen LogP contribution in [0.5, 0.6) is 0 Å². The van der Waals surface area contributed by atoms with E-state index in [1.807, 2.05) is 24.0 Å². The molecule has 2 saturated heterocycles. The molecule has 0 aromatic carbocycles. The van der Waals surface area contributed by atoms with Gasteiger partial charge >= 0.3 is 5.97 Å². The molecule has 7 nitrogen and oxygen atoms in total. The highest BCUT2D eigenvalue weighted by Gasteiger charge is 2.54. The zero-order chi connectivity index (χ0) is 21.7. The molecule has 3 fully saturated rings. The normalized spacial score (nSPS) is 29.3. The molecule has 0 bridgehead atoms. The number of hydrogen-bond acceptors (Lipinski definition) is 6. The van der Waals surface area contributed by atoms with Crippen molar-refractivity contribution in [3.05, 3.63) is 30.1 Å². The Bertz CT molecular complexity index is 752. The molecule has 0 radical (unpaired) electrons. The van der Waals surface area contributed by atoms with Crippen LogP contribution in [-0.2, 0) is 25.5 Å². The Labute approximate surface area is 185 Å². The summed E-state index contributed by atoms with van der Waals surface area (Å²) >= 11 is 0. The van der Waals surface area contributed by atoms with Crippen molar-refractivity contribution in [2.75, 3.05) is 46.0 Å². The maximum Gasteiger partial charge on any atom is 0.314 e. The van der Waals surface area contributed by atoms with E-state index in [1.165, 1.54) is 0 Å². The first kappa shape index (κ1) is 22.2. The average Bonchev–Trinajstić information content (AvgIpc) is 2.83. The lowest BCUT2D eigenvalue weighted by molar-refractivity contribution is -0.171. The average molecular weight is 430 g/mol. The molecule has 3 atom stereocenters. The number of carbonyl (C=O) groups is 2. The predicted molar refractivity (Wildman–Crippen MR) is 116 cm³/mol. The number of pyridine rings is 1. The minimum Gasteiger partial charge on any atom is -0.466 e. The lowest BCUT2D eigenvalue weighted by atomic mass is 9.61. The number of ether oxygens (including phenoxy) is 2. The maximum absolute atomic E-state index is 13.2. The van der Waals surface area contributed by atoms with Crippen LogP contribution in [0.3, 0.4) is 0 Å². The summed E-state index contributed by atoms with van der Waals surface area (Å²) in [4.78, 5) is 34.7. The summed E-state index contributed by atoms with van der Waals surface area (Å²) in [6.45, 7) is 7.03. The molecule has 170 valence electrons. The van der Waals surface area contributed by atoms with Crippen LogP contribution >= 0.6 is 0 Å². The fourth-order valence-electron chi connectivity index (χ4n) is 5.69. The monoisotopic (exact) mass is 429 g/mol. The number of piperidine rings is 1. The SMILES string of the molecule is CCOC(=O)[C@@]12CC[C@@H](N3CCOCC3)C[C@H]1CCN(C(=O)CCc1ccncc1)C2. The number of amides is 1. The zero-order valence-electron chi connectivity index (χ0n) is 18.6. The Balaban J connectivity index is 1.43. The Kier molecular flexibility index (Phi) is 7.23. The second-order valence-corrected chi connectivity index (χ2v) is 9.11. The van der Waals surface area contributed by atoms with Gasteiger partial charge < -0.3 is 14.4 Å². The number of morpholine rings is 1. The first-order chi connectivity index (χ1) is 15.1. The van der Waals surface area contributed by atoms with E-state index in [9.17, 15) is 9.59 Å². The number of esters is 1. The topological polar surface area (TPSA) is 72.0 Å². The first-order valence-corrected chi connectivity index (χ1v) is 11.8. The Hall–Kier alpha value is -1.99. The molecule has 0 spiro atoms. The third-order valence-corrected chi connectivity index (χ3v) is 7.46. The van der Waals surface area contributed by atoms with Crippen LogP contribution in [-0.4, -0.2) is 78.7 Å². The maximum atomic E-state index is 13.2. The zero-order valence-corrected chi connectivity index (χ0v) is 18.6. The van der Waals surface area contributed by atoms with Crippen molar-refractivity contribution in [3.8, 4) is 0 Å². The van der Waals surface area contributed by atoms with Crippen LogP contribution in [0.15, 0.2) is 24.5 Å². The molecule has 3 aliphatic rings. The largest absolute Gasteiger partial charge is 0.466 e. The van der Waals surface area contributed by atoms with Gasteiger partial charge in [-0.25, -0.2) is 0 Å². The van der Waals surface area contributed by atoms with Crippen molar-refractivity contribution in [1.82, 2.24) is 14.8 Å². The van der Waals surface area contributed by atoms with Gasteiger partial charge in [-0.1, -0.05) is 0 Å². The second kappa shape index (κ2) is 10.1. The van der Waals surface area contributed by atoms with Crippen LogP contribution in [0.4, 0.5) is 0 Å². The number of aryl methyl sites for hydroxylation is 1. The number of fused-ring (bicyclic) bond motifs is 1. The Morgan fingerprint density at radius 3 is 2.71 bits per heavy atom. The van der Waals surface area contributed by atoms with Gasteiger partial charge in [0.1, 0.15) is 0 Å². The molecular weight excluding hydrogens is 394 g/mol. The minimum absolute atomic E-state index is 0.105. The quantitative estimate of drug-likeness (QED) is 0.646.